The quantitative estimate of drug-likeness (QED) is 0.699. The maximum Gasteiger partial charge on any atom is 0.222 e. The molecule has 1 saturated heterocycles. The van der Waals surface area contributed by atoms with Gasteiger partial charge in [0.25, 0.3) is 0 Å². The minimum Gasteiger partial charge on any atom is -0.357 e. The van der Waals surface area contributed by atoms with Crippen LogP contribution < -0.4 is 16.0 Å². The zero-order valence-corrected chi connectivity index (χ0v) is 11.3. The number of hydrogen-bond donors (Lipinski definition) is 3. The molecular weight excluding hydrogens is 226 g/mol. The Morgan fingerprint density at radius 1 is 1.33 bits per heavy atom. The lowest BCUT2D eigenvalue weighted by Crippen LogP contribution is -2.30. The molecule has 0 unspecified atom stereocenters. The first-order valence-electron chi connectivity index (χ1n) is 6.76. The van der Waals surface area contributed by atoms with Gasteiger partial charge in [0.2, 0.25) is 5.95 Å². The average molecular weight is 249 g/mol. The second-order valence-corrected chi connectivity index (χ2v) is 4.87. The Bertz CT molecular complexity index is 374. The SMILES string of the molecule is CNc1ncc2c(n1)CNC2.C[C@@H]1CCCCN1. The smallest absolute Gasteiger partial charge is 0.222 e. The Labute approximate surface area is 109 Å². The number of anilines is 1. The van der Waals surface area contributed by atoms with Crippen molar-refractivity contribution in [3.8, 4) is 0 Å². The third-order valence-electron chi connectivity index (χ3n) is 3.34. The summed E-state index contributed by atoms with van der Waals surface area (Å²) in [7, 11) is 1.82. The van der Waals surface area contributed by atoms with E-state index < -0.39 is 0 Å². The maximum absolute atomic E-state index is 4.29. The van der Waals surface area contributed by atoms with E-state index in [4.69, 9.17) is 0 Å². The minimum absolute atomic E-state index is 0.701. The summed E-state index contributed by atoms with van der Waals surface area (Å²) in [6, 6.07) is 0.786. The predicted octanol–water partition coefficient (Wildman–Crippen LogP) is 1.27. The molecule has 0 amide bonds. The van der Waals surface area contributed by atoms with Crippen LogP contribution in [0.5, 0.6) is 0 Å². The van der Waals surface area contributed by atoms with Crippen molar-refractivity contribution in [2.24, 2.45) is 0 Å². The van der Waals surface area contributed by atoms with Crippen molar-refractivity contribution in [2.45, 2.75) is 45.3 Å². The molecule has 2 aliphatic heterocycles. The highest BCUT2D eigenvalue weighted by atomic mass is 15.1. The molecule has 100 valence electrons. The molecule has 5 nitrogen and oxygen atoms in total. The standard InChI is InChI=1S/C7H10N4.C6H13N/c1-8-7-10-3-5-2-9-4-6(5)11-7;1-6-4-2-3-5-7-6/h3,9H,2,4H2,1H3,(H,8,10,11);6-7H,2-5H2,1H3/t;6-/m.1/s1. The second-order valence-electron chi connectivity index (χ2n) is 4.87. The van der Waals surface area contributed by atoms with Crippen LogP contribution in [0.4, 0.5) is 5.95 Å². The zero-order valence-electron chi connectivity index (χ0n) is 11.3. The fourth-order valence-corrected chi connectivity index (χ4v) is 2.20. The van der Waals surface area contributed by atoms with E-state index >= 15 is 0 Å². The molecule has 0 bridgehead atoms. The van der Waals surface area contributed by atoms with E-state index in [1.54, 1.807) is 0 Å². The molecule has 1 atom stereocenters. The second kappa shape index (κ2) is 6.66. The van der Waals surface area contributed by atoms with Gasteiger partial charge in [-0.2, -0.15) is 0 Å². The van der Waals surface area contributed by atoms with Crippen LogP contribution in [0, 0.1) is 0 Å². The monoisotopic (exact) mass is 249 g/mol. The van der Waals surface area contributed by atoms with Gasteiger partial charge in [-0.25, -0.2) is 9.97 Å². The Balaban J connectivity index is 0.000000149. The van der Waals surface area contributed by atoms with Crippen molar-refractivity contribution < 1.29 is 0 Å². The maximum atomic E-state index is 4.29. The molecular formula is C13H23N5. The van der Waals surface area contributed by atoms with E-state index in [0.717, 1.165) is 24.8 Å². The van der Waals surface area contributed by atoms with Gasteiger partial charge >= 0.3 is 0 Å². The Morgan fingerprint density at radius 3 is 2.83 bits per heavy atom. The molecule has 1 fully saturated rings. The van der Waals surface area contributed by atoms with E-state index in [9.17, 15) is 0 Å². The minimum atomic E-state index is 0.701. The van der Waals surface area contributed by atoms with Crippen LogP contribution in [-0.2, 0) is 13.1 Å². The van der Waals surface area contributed by atoms with E-state index in [0.29, 0.717) is 5.95 Å². The van der Waals surface area contributed by atoms with Gasteiger partial charge in [0.15, 0.2) is 0 Å². The van der Waals surface area contributed by atoms with Crippen molar-refractivity contribution >= 4 is 5.95 Å². The van der Waals surface area contributed by atoms with Crippen LogP contribution in [-0.4, -0.2) is 29.6 Å². The first-order valence-corrected chi connectivity index (χ1v) is 6.76. The van der Waals surface area contributed by atoms with E-state index in [2.05, 4.69) is 32.8 Å². The van der Waals surface area contributed by atoms with Crippen molar-refractivity contribution in [1.82, 2.24) is 20.6 Å². The number of piperidine rings is 1. The third kappa shape index (κ3) is 3.65. The lowest BCUT2D eigenvalue weighted by Gasteiger charge is -2.18. The third-order valence-corrected chi connectivity index (χ3v) is 3.34. The highest BCUT2D eigenvalue weighted by Crippen LogP contribution is 2.12. The van der Waals surface area contributed by atoms with Gasteiger partial charge in [-0.05, 0) is 26.3 Å². The summed E-state index contributed by atoms with van der Waals surface area (Å²) in [6.07, 6.45) is 6.05. The summed E-state index contributed by atoms with van der Waals surface area (Å²) in [5.74, 6) is 0.701. The molecule has 0 spiro atoms. The highest BCUT2D eigenvalue weighted by Gasteiger charge is 2.11. The predicted molar refractivity (Wildman–Crippen MR) is 73.4 cm³/mol. The molecule has 0 radical (unpaired) electrons. The molecule has 18 heavy (non-hydrogen) atoms. The van der Waals surface area contributed by atoms with E-state index in [1.165, 1.54) is 31.4 Å². The molecule has 0 aliphatic carbocycles. The lowest BCUT2D eigenvalue weighted by molar-refractivity contribution is 0.425. The summed E-state index contributed by atoms with van der Waals surface area (Å²) in [6.45, 7) is 5.26. The van der Waals surface area contributed by atoms with E-state index in [-0.39, 0.29) is 0 Å². The highest BCUT2D eigenvalue weighted by molar-refractivity contribution is 5.30. The molecule has 5 heteroatoms. The zero-order chi connectivity index (χ0) is 12.8. The summed E-state index contributed by atoms with van der Waals surface area (Å²) >= 11 is 0. The lowest BCUT2D eigenvalue weighted by atomic mass is 10.1. The van der Waals surface area contributed by atoms with Gasteiger partial charge in [0.1, 0.15) is 0 Å². The Kier molecular flexibility index (Phi) is 4.90. The van der Waals surface area contributed by atoms with E-state index in [1.807, 2.05) is 13.2 Å². The van der Waals surface area contributed by atoms with Crippen LogP contribution in [0.1, 0.15) is 37.4 Å². The van der Waals surface area contributed by atoms with Crippen LogP contribution in [0.15, 0.2) is 6.20 Å². The largest absolute Gasteiger partial charge is 0.357 e. The number of nitrogens with one attached hydrogen (secondary N) is 3. The van der Waals surface area contributed by atoms with Gasteiger partial charge < -0.3 is 16.0 Å². The molecule has 1 aromatic rings. The summed E-state index contributed by atoms with van der Waals surface area (Å²) in [4.78, 5) is 8.39. The van der Waals surface area contributed by atoms with Crippen molar-refractivity contribution in [2.75, 3.05) is 18.9 Å². The molecule has 3 heterocycles. The van der Waals surface area contributed by atoms with Crippen molar-refractivity contribution in [3.05, 3.63) is 17.5 Å². The summed E-state index contributed by atoms with van der Waals surface area (Å²) in [5, 5.41) is 9.50. The first-order chi connectivity index (χ1) is 8.79. The van der Waals surface area contributed by atoms with Crippen molar-refractivity contribution in [1.29, 1.82) is 0 Å². The van der Waals surface area contributed by atoms with Crippen LogP contribution in [0.3, 0.4) is 0 Å². The van der Waals surface area contributed by atoms with Gasteiger partial charge in [0.05, 0.1) is 5.69 Å². The average Bonchev–Trinajstić information content (AvgIpc) is 2.87. The number of rotatable bonds is 1. The summed E-state index contributed by atoms with van der Waals surface area (Å²) in [5.41, 5.74) is 2.33. The molecule has 2 aliphatic rings. The molecule has 0 aromatic carbocycles. The van der Waals surface area contributed by atoms with Crippen LogP contribution in [0.2, 0.25) is 0 Å². The number of nitrogens with zero attached hydrogens (tertiary/aromatic N) is 2. The number of aromatic nitrogens is 2. The molecule has 3 N–H and O–H groups in total. The van der Waals surface area contributed by atoms with Crippen molar-refractivity contribution in [3.63, 3.8) is 0 Å². The normalized spacial score (nSPS) is 21.8. The number of fused-ring (bicyclic) bond motifs is 1. The Morgan fingerprint density at radius 2 is 2.22 bits per heavy atom. The van der Waals surface area contributed by atoms with Gasteiger partial charge in [-0.15, -0.1) is 0 Å². The molecule has 3 rings (SSSR count). The van der Waals surface area contributed by atoms with Crippen LogP contribution in [0.25, 0.3) is 0 Å². The fraction of sp³-hybridized carbons (Fsp3) is 0.692. The Hall–Kier alpha value is -1.20. The van der Waals surface area contributed by atoms with Gasteiger partial charge in [-0.1, -0.05) is 6.42 Å². The fourth-order valence-electron chi connectivity index (χ4n) is 2.20. The number of hydrogen-bond acceptors (Lipinski definition) is 5. The molecule has 0 saturated carbocycles. The van der Waals surface area contributed by atoms with Gasteiger partial charge in [0, 0.05) is 37.9 Å². The van der Waals surface area contributed by atoms with Crippen LogP contribution >= 0.6 is 0 Å². The van der Waals surface area contributed by atoms with Gasteiger partial charge in [-0.3, -0.25) is 0 Å². The summed E-state index contributed by atoms with van der Waals surface area (Å²) < 4.78 is 0. The molecule has 1 aromatic heterocycles. The first kappa shape index (κ1) is 13.2. The topological polar surface area (TPSA) is 61.9 Å².